The zero-order valence-corrected chi connectivity index (χ0v) is 12.9. The summed E-state index contributed by atoms with van der Waals surface area (Å²) in [5, 5.41) is 4.03. The first-order valence-electron chi connectivity index (χ1n) is 6.15. The minimum Gasteiger partial charge on any atom is -0.495 e. The van der Waals surface area contributed by atoms with Crippen LogP contribution in [0.3, 0.4) is 0 Å². The van der Waals surface area contributed by atoms with Crippen LogP contribution < -0.4 is 10.1 Å². The molecule has 0 bridgehead atoms. The third-order valence-electron chi connectivity index (χ3n) is 3.20. The Morgan fingerprint density at radius 1 is 1.39 bits per heavy atom. The van der Waals surface area contributed by atoms with Crippen LogP contribution in [0, 0.1) is 0 Å². The fourth-order valence-corrected chi connectivity index (χ4v) is 3.19. The van der Waals surface area contributed by atoms with E-state index in [0.717, 1.165) is 54.9 Å². The number of hydrogen-bond donors (Lipinski definition) is 1. The lowest BCUT2D eigenvalue weighted by Gasteiger charge is -2.27. The summed E-state index contributed by atoms with van der Waals surface area (Å²) in [5.74, 6) is 0.801. The van der Waals surface area contributed by atoms with Gasteiger partial charge in [-0.1, -0.05) is 27.5 Å². The number of piperazine rings is 1. The molecule has 3 nitrogen and oxygen atoms in total. The molecule has 1 saturated heterocycles. The zero-order valence-electron chi connectivity index (χ0n) is 10.5. The Labute approximate surface area is 122 Å². The fraction of sp³-hybridized carbons (Fsp3) is 0.538. The van der Waals surface area contributed by atoms with Gasteiger partial charge in [0.25, 0.3) is 0 Å². The van der Waals surface area contributed by atoms with Gasteiger partial charge in [-0.2, -0.15) is 0 Å². The highest BCUT2D eigenvalue weighted by Gasteiger charge is 2.13. The second kappa shape index (κ2) is 6.75. The summed E-state index contributed by atoms with van der Waals surface area (Å²) in [6.45, 7) is 5.44. The van der Waals surface area contributed by atoms with Crippen molar-refractivity contribution >= 4 is 27.5 Å². The van der Waals surface area contributed by atoms with Crippen LogP contribution in [0.1, 0.15) is 5.56 Å². The molecule has 18 heavy (non-hydrogen) atoms. The summed E-state index contributed by atoms with van der Waals surface area (Å²) in [7, 11) is 1.67. The normalized spacial score (nSPS) is 16.8. The van der Waals surface area contributed by atoms with Crippen LogP contribution in [0.4, 0.5) is 0 Å². The van der Waals surface area contributed by atoms with Crippen LogP contribution in [-0.4, -0.2) is 44.7 Å². The molecule has 0 aromatic heterocycles. The maximum atomic E-state index is 6.18. The van der Waals surface area contributed by atoms with E-state index in [2.05, 4.69) is 32.2 Å². The van der Waals surface area contributed by atoms with Gasteiger partial charge in [-0.25, -0.2) is 0 Å². The average molecular weight is 334 g/mol. The lowest BCUT2D eigenvalue weighted by molar-refractivity contribution is 0.243. The molecular formula is C13H18BrClN2O. The number of hydrogen-bond acceptors (Lipinski definition) is 3. The molecule has 1 aromatic rings. The van der Waals surface area contributed by atoms with Crippen molar-refractivity contribution < 1.29 is 4.74 Å². The van der Waals surface area contributed by atoms with E-state index >= 15 is 0 Å². The molecule has 1 fully saturated rings. The minimum absolute atomic E-state index is 0.669. The van der Waals surface area contributed by atoms with Crippen LogP contribution in [-0.2, 0) is 6.42 Å². The van der Waals surface area contributed by atoms with Crippen LogP contribution in [0.15, 0.2) is 16.6 Å². The van der Waals surface area contributed by atoms with Gasteiger partial charge in [-0.3, -0.25) is 0 Å². The molecule has 0 unspecified atom stereocenters. The summed E-state index contributed by atoms with van der Waals surface area (Å²) >= 11 is 9.66. The molecule has 1 aromatic carbocycles. The largest absolute Gasteiger partial charge is 0.495 e. The Bertz CT molecular complexity index is 408. The van der Waals surface area contributed by atoms with Gasteiger partial charge in [-0.15, -0.1) is 0 Å². The highest BCUT2D eigenvalue weighted by atomic mass is 79.9. The van der Waals surface area contributed by atoms with Crippen molar-refractivity contribution in [1.29, 1.82) is 0 Å². The summed E-state index contributed by atoms with van der Waals surface area (Å²) < 4.78 is 6.39. The predicted molar refractivity (Wildman–Crippen MR) is 78.7 cm³/mol. The fourth-order valence-electron chi connectivity index (χ4n) is 2.24. The molecule has 0 radical (unpaired) electrons. The van der Waals surface area contributed by atoms with Crippen molar-refractivity contribution in [2.45, 2.75) is 6.42 Å². The Morgan fingerprint density at radius 3 is 2.78 bits per heavy atom. The number of nitrogens with one attached hydrogen (secondary N) is 1. The van der Waals surface area contributed by atoms with Crippen molar-refractivity contribution in [3.05, 3.63) is 27.2 Å². The monoisotopic (exact) mass is 332 g/mol. The molecule has 0 spiro atoms. The highest BCUT2D eigenvalue weighted by molar-refractivity contribution is 9.10. The Kier molecular flexibility index (Phi) is 5.30. The van der Waals surface area contributed by atoms with Crippen molar-refractivity contribution in [3.63, 3.8) is 0 Å². The number of benzene rings is 1. The number of methoxy groups -OCH3 is 1. The molecule has 5 heteroatoms. The molecular weight excluding hydrogens is 316 g/mol. The molecule has 0 saturated carbocycles. The van der Waals surface area contributed by atoms with E-state index in [9.17, 15) is 0 Å². The number of ether oxygens (including phenoxy) is 1. The minimum atomic E-state index is 0.669. The Balaban J connectivity index is 2.03. The second-order valence-electron chi connectivity index (χ2n) is 4.42. The van der Waals surface area contributed by atoms with Gasteiger partial charge in [0.05, 0.1) is 12.1 Å². The van der Waals surface area contributed by atoms with Crippen molar-refractivity contribution in [2.24, 2.45) is 0 Å². The first kappa shape index (κ1) is 14.1. The second-order valence-corrected chi connectivity index (χ2v) is 5.74. The van der Waals surface area contributed by atoms with Crippen molar-refractivity contribution in [1.82, 2.24) is 10.2 Å². The quantitative estimate of drug-likeness (QED) is 0.916. The van der Waals surface area contributed by atoms with Gasteiger partial charge in [-0.05, 0) is 24.1 Å². The van der Waals surface area contributed by atoms with E-state index in [0.29, 0.717) is 5.02 Å². The van der Waals surface area contributed by atoms with E-state index in [-0.39, 0.29) is 0 Å². The van der Waals surface area contributed by atoms with Gasteiger partial charge in [0, 0.05) is 37.2 Å². The maximum Gasteiger partial charge on any atom is 0.140 e. The molecule has 1 aliphatic rings. The standard InChI is InChI=1S/C13H18BrClN2O/c1-18-13-10(8-11(14)9-12(13)15)2-5-17-6-3-16-4-7-17/h8-9,16H,2-7H2,1H3. The average Bonchev–Trinajstić information content (AvgIpc) is 2.37. The summed E-state index contributed by atoms with van der Waals surface area (Å²) in [4.78, 5) is 2.46. The molecule has 0 atom stereocenters. The number of nitrogens with zero attached hydrogens (tertiary/aromatic N) is 1. The van der Waals surface area contributed by atoms with Gasteiger partial charge in [0.15, 0.2) is 0 Å². The van der Waals surface area contributed by atoms with E-state index < -0.39 is 0 Å². The summed E-state index contributed by atoms with van der Waals surface area (Å²) in [6.07, 6.45) is 0.961. The smallest absolute Gasteiger partial charge is 0.140 e. The van der Waals surface area contributed by atoms with E-state index in [1.165, 1.54) is 0 Å². The van der Waals surface area contributed by atoms with Crippen LogP contribution in [0.5, 0.6) is 5.75 Å². The third kappa shape index (κ3) is 3.60. The zero-order chi connectivity index (χ0) is 13.0. The molecule has 1 N–H and O–H groups in total. The third-order valence-corrected chi connectivity index (χ3v) is 3.93. The van der Waals surface area contributed by atoms with Crippen LogP contribution in [0.2, 0.25) is 5.02 Å². The molecule has 1 heterocycles. The van der Waals surface area contributed by atoms with Crippen LogP contribution in [0.25, 0.3) is 0 Å². The first-order valence-corrected chi connectivity index (χ1v) is 7.33. The van der Waals surface area contributed by atoms with Crippen molar-refractivity contribution in [2.75, 3.05) is 39.8 Å². The first-order chi connectivity index (χ1) is 8.70. The molecule has 1 aliphatic heterocycles. The van der Waals surface area contributed by atoms with E-state index in [1.807, 2.05) is 6.07 Å². The van der Waals surface area contributed by atoms with Gasteiger partial charge < -0.3 is 15.0 Å². The Morgan fingerprint density at radius 2 is 2.11 bits per heavy atom. The molecule has 0 amide bonds. The van der Waals surface area contributed by atoms with Gasteiger partial charge >= 0.3 is 0 Å². The highest BCUT2D eigenvalue weighted by Crippen LogP contribution is 2.32. The van der Waals surface area contributed by atoms with E-state index in [1.54, 1.807) is 7.11 Å². The lowest BCUT2D eigenvalue weighted by Crippen LogP contribution is -2.44. The molecule has 100 valence electrons. The molecule has 0 aliphatic carbocycles. The predicted octanol–water partition coefficient (Wildman–Crippen LogP) is 2.56. The maximum absolute atomic E-state index is 6.18. The van der Waals surface area contributed by atoms with Gasteiger partial charge in [0.2, 0.25) is 0 Å². The number of rotatable bonds is 4. The van der Waals surface area contributed by atoms with Crippen molar-refractivity contribution in [3.8, 4) is 5.75 Å². The molecule has 2 rings (SSSR count). The van der Waals surface area contributed by atoms with Gasteiger partial charge in [0.1, 0.15) is 5.75 Å². The number of halogens is 2. The topological polar surface area (TPSA) is 24.5 Å². The summed E-state index contributed by atoms with van der Waals surface area (Å²) in [5.41, 5.74) is 1.16. The Hall–Kier alpha value is -0.290. The summed E-state index contributed by atoms with van der Waals surface area (Å²) in [6, 6.07) is 3.96. The van der Waals surface area contributed by atoms with Crippen LogP contribution >= 0.6 is 27.5 Å². The lowest BCUT2D eigenvalue weighted by atomic mass is 10.1. The SMILES string of the molecule is COc1c(Cl)cc(Br)cc1CCN1CCNCC1. The van der Waals surface area contributed by atoms with E-state index in [4.69, 9.17) is 16.3 Å².